The van der Waals surface area contributed by atoms with E-state index < -0.39 is 0 Å². The number of hydrogen-bond donors (Lipinski definition) is 0. The molecular weight excluding hydrogens is 112 g/mol. The maximum Gasteiger partial charge on any atom is 0.125 e. The van der Waals surface area contributed by atoms with Crippen LogP contribution >= 0.6 is 0 Å². The molecule has 1 aromatic heterocycles. The average Bonchev–Trinajstić information content (AvgIpc) is 1.88. The summed E-state index contributed by atoms with van der Waals surface area (Å²) in [5.41, 5.74) is 0.988. The lowest BCUT2D eigenvalue weighted by atomic mass is 10.3. The van der Waals surface area contributed by atoms with Gasteiger partial charge in [-0.2, -0.15) is 0 Å². The molecule has 2 nitrogen and oxygen atoms in total. The molecule has 1 heterocycles. The molecule has 0 amide bonds. The predicted molar refractivity (Wildman–Crippen MR) is 35.0 cm³/mol. The van der Waals surface area contributed by atoms with E-state index in [-0.39, 0.29) is 0 Å². The Morgan fingerprint density at radius 1 is 1.67 bits per heavy atom. The summed E-state index contributed by atoms with van der Waals surface area (Å²) in [7, 11) is 0. The van der Waals surface area contributed by atoms with Gasteiger partial charge in [-0.1, -0.05) is 6.92 Å². The van der Waals surface area contributed by atoms with Crippen LogP contribution in [-0.2, 0) is 6.42 Å². The standard InChI is InChI=1S/C7H9N2/c1-3-7-4-5-8-6(2)9-7/h5H,3H2,1-2H3. The van der Waals surface area contributed by atoms with Gasteiger partial charge in [-0.05, 0) is 13.3 Å². The van der Waals surface area contributed by atoms with Crippen LogP contribution < -0.4 is 0 Å². The Kier molecular flexibility index (Phi) is 1.78. The summed E-state index contributed by atoms with van der Waals surface area (Å²) < 4.78 is 0. The molecule has 0 spiro atoms. The normalized spacial score (nSPS) is 9.56. The topological polar surface area (TPSA) is 25.8 Å². The van der Waals surface area contributed by atoms with Crippen molar-refractivity contribution in [1.82, 2.24) is 9.97 Å². The Balaban J connectivity index is 2.94. The zero-order valence-electron chi connectivity index (χ0n) is 5.68. The van der Waals surface area contributed by atoms with Crippen molar-refractivity contribution in [3.8, 4) is 0 Å². The van der Waals surface area contributed by atoms with Gasteiger partial charge in [0, 0.05) is 12.3 Å². The van der Waals surface area contributed by atoms with Crippen molar-refractivity contribution in [2.24, 2.45) is 0 Å². The van der Waals surface area contributed by atoms with E-state index in [4.69, 9.17) is 0 Å². The Bertz CT molecular complexity index is 196. The third kappa shape index (κ3) is 1.49. The number of hydrogen-bond acceptors (Lipinski definition) is 2. The molecule has 47 valence electrons. The monoisotopic (exact) mass is 121 g/mol. The molecular formula is C7H9N2. The Morgan fingerprint density at radius 3 is 2.89 bits per heavy atom. The second-order valence-corrected chi connectivity index (χ2v) is 1.86. The molecule has 0 bridgehead atoms. The molecule has 0 fully saturated rings. The highest BCUT2D eigenvalue weighted by Crippen LogP contribution is 1.92. The fourth-order valence-electron chi connectivity index (χ4n) is 0.638. The largest absolute Gasteiger partial charge is 0.241 e. The first-order valence-electron chi connectivity index (χ1n) is 3.03. The molecule has 0 saturated carbocycles. The summed E-state index contributed by atoms with van der Waals surface area (Å²) >= 11 is 0. The van der Waals surface area contributed by atoms with Gasteiger partial charge in [0.05, 0.1) is 5.69 Å². The van der Waals surface area contributed by atoms with E-state index in [0.29, 0.717) is 0 Å². The fraction of sp³-hybridized carbons (Fsp3) is 0.429. The molecule has 2 heteroatoms. The number of aryl methyl sites for hydroxylation is 2. The summed E-state index contributed by atoms with van der Waals surface area (Å²) in [6.45, 7) is 3.94. The van der Waals surface area contributed by atoms with E-state index in [1.165, 1.54) is 0 Å². The maximum atomic E-state index is 4.12. The van der Waals surface area contributed by atoms with Crippen molar-refractivity contribution in [1.29, 1.82) is 0 Å². The lowest BCUT2D eigenvalue weighted by molar-refractivity contribution is 0.945. The van der Waals surface area contributed by atoms with E-state index in [9.17, 15) is 0 Å². The van der Waals surface area contributed by atoms with Crippen molar-refractivity contribution in [3.63, 3.8) is 0 Å². The number of rotatable bonds is 1. The first-order chi connectivity index (χ1) is 4.33. The molecule has 9 heavy (non-hydrogen) atoms. The minimum atomic E-state index is 0.825. The Labute approximate surface area is 55.0 Å². The van der Waals surface area contributed by atoms with E-state index in [2.05, 4.69) is 23.0 Å². The van der Waals surface area contributed by atoms with Gasteiger partial charge < -0.3 is 0 Å². The fourth-order valence-corrected chi connectivity index (χ4v) is 0.638. The summed E-state index contributed by atoms with van der Waals surface area (Å²) in [6, 6.07) is 2.94. The van der Waals surface area contributed by atoms with Crippen LogP contribution in [0.5, 0.6) is 0 Å². The van der Waals surface area contributed by atoms with Crippen LogP contribution in [0.2, 0.25) is 0 Å². The van der Waals surface area contributed by atoms with E-state index in [1.54, 1.807) is 6.20 Å². The lowest BCUT2D eigenvalue weighted by Gasteiger charge is -1.92. The maximum absolute atomic E-state index is 4.12. The molecule has 0 saturated heterocycles. The molecule has 1 aromatic rings. The molecule has 0 N–H and O–H groups in total. The molecule has 0 atom stereocenters. The molecule has 0 aliphatic rings. The molecule has 1 rings (SSSR count). The third-order valence-corrected chi connectivity index (χ3v) is 1.11. The predicted octanol–water partition coefficient (Wildman–Crippen LogP) is 1.15. The van der Waals surface area contributed by atoms with Crippen LogP contribution in [0.1, 0.15) is 18.4 Å². The average molecular weight is 121 g/mol. The smallest absolute Gasteiger partial charge is 0.125 e. The van der Waals surface area contributed by atoms with Gasteiger partial charge >= 0.3 is 0 Å². The van der Waals surface area contributed by atoms with Gasteiger partial charge in [0.2, 0.25) is 0 Å². The molecule has 0 aliphatic carbocycles. The Hall–Kier alpha value is -0.920. The van der Waals surface area contributed by atoms with Gasteiger partial charge in [-0.3, -0.25) is 0 Å². The number of nitrogens with zero attached hydrogens (tertiary/aromatic N) is 2. The van der Waals surface area contributed by atoms with Gasteiger partial charge in [-0.15, -0.1) is 0 Å². The second-order valence-electron chi connectivity index (χ2n) is 1.86. The minimum absolute atomic E-state index is 0.825. The molecule has 0 aromatic carbocycles. The minimum Gasteiger partial charge on any atom is -0.241 e. The molecule has 0 unspecified atom stereocenters. The Morgan fingerprint density at radius 2 is 2.44 bits per heavy atom. The summed E-state index contributed by atoms with van der Waals surface area (Å²) in [4.78, 5) is 8.05. The van der Waals surface area contributed by atoms with E-state index >= 15 is 0 Å². The molecule has 0 aliphatic heterocycles. The van der Waals surface area contributed by atoms with Crippen LogP contribution in [0.3, 0.4) is 0 Å². The van der Waals surface area contributed by atoms with Crippen molar-refractivity contribution < 1.29 is 0 Å². The zero-order chi connectivity index (χ0) is 6.69. The van der Waals surface area contributed by atoms with Crippen molar-refractivity contribution >= 4 is 0 Å². The summed E-state index contributed by atoms with van der Waals surface area (Å²) in [5, 5.41) is 0. The van der Waals surface area contributed by atoms with Crippen molar-refractivity contribution in [3.05, 3.63) is 23.8 Å². The zero-order valence-corrected chi connectivity index (χ0v) is 5.68. The quantitative estimate of drug-likeness (QED) is 0.557. The van der Waals surface area contributed by atoms with Crippen LogP contribution in [0, 0.1) is 13.0 Å². The van der Waals surface area contributed by atoms with E-state index in [1.807, 2.05) is 6.92 Å². The number of aromatic nitrogens is 2. The van der Waals surface area contributed by atoms with Crippen molar-refractivity contribution in [2.45, 2.75) is 20.3 Å². The SMILES string of the molecule is CCc1[c]cnc(C)n1. The highest BCUT2D eigenvalue weighted by molar-refractivity contribution is 4.98. The lowest BCUT2D eigenvalue weighted by Crippen LogP contribution is -1.91. The second kappa shape index (κ2) is 2.58. The van der Waals surface area contributed by atoms with Crippen LogP contribution in [-0.4, -0.2) is 9.97 Å². The van der Waals surface area contributed by atoms with Gasteiger partial charge in [0.1, 0.15) is 5.82 Å². The first-order valence-corrected chi connectivity index (χ1v) is 3.03. The van der Waals surface area contributed by atoms with Crippen LogP contribution in [0.4, 0.5) is 0 Å². The first kappa shape index (κ1) is 6.20. The molecule has 1 radical (unpaired) electrons. The van der Waals surface area contributed by atoms with Crippen molar-refractivity contribution in [2.75, 3.05) is 0 Å². The highest BCUT2D eigenvalue weighted by atomic mass is 14.9. The summed E-state index contributed by atoms with van der Waals surface area (Å²) in [5.74, 6) is 0.825. The van der Waals surface area contributed by atoms with Crippen LogP contribution in [0.25, 0.3) is 0 Å². The van der Waals surface area contributed by atoms with Gasteiger partial charge in [-0.25, -0.2) is 9.97 Å². The van der Waals surface area contributed by atoms with E-state index in [0.717, 1.165) is 17.9 Å². The third-order valence-electron chi connectivity index (χ3n) is 1.11. The highest BCUT2D eigenvalue weighted by Gasteiger charge is 1.89. The van der Waals surface area contributed by atoms with Gasteiger partial charge in [0.15, 0.2) is 0 Å². The summed E-state index contributed by atoms with van der Waals surface area (Å²) in [6.07, 6.45) is 2.60. The van der Waals surface area contributed by atoms with Gasteiger partial charge in [0.25, 0.3) is 0 Å². The van der Waals surface area contributed by atoms with Crippen LogP contribution in [0.15, 0.2) is 6.20 Å².